The molecule has 0 radical (unpaired) electrons. The second kappa shape index (κ2) is 4.45. The highest BCUT2D eigenvalue weighted by molar-refractivity contribution is 5.95. The minimum Gasteiger partial charge on any atom is -0.480 e. The zero-order valence-corrected chi connectivity index (χ0v) is 9.92. The van der Waals surface area contributed by atoms with Gasteiger partial charge in [-0.1, -0.05) is 36.4 Å². The van der Waals surface area contributed by atoms with Crippen LogP contribution in [0.1, 0.15) is 6.92 Å². The Balaban J connectivity index is 2.52. The fraction of sp³-hybridized carbons (Fsp3) is 0.214. The lowest BCUT2D eigenvalue weighted by Crippen LogP contribution is -2.35. The number of rotatable bonds is 3. The first-order valence-electron chi connectivity index (χ1n) is 5.54. The molecular weight excluding hydrogens is 214 g/mol. The Hall–Kier alpha value is -2.03. The van der Waals surface area contributed by atoms with Crippen molar-refractivity contribution in [3.05, 3.63) is 42.5 Å². The second-order valence-electron chi connectivity index (χ2n) is 4.12. The van der Waals surface area contributed by atoms with E-state index < -0.39 is 12.0 Å². The first-order valence-corrected chi connectivity index (χ1v) is 5.54. The van der Waals surface area contributed by atoms with E-state index in [1.165, 1.54) is 0 Å². The number of benzene rings is 2. The Bertz CT molecular complexity index is 545. The topological polar surface area (TPSA) is 40.5 Å². The number of nitrogens with zero attached hydrogens (tertiary/aromatic N) is 1. The maximum absolute atomic E-state index is 11.0. The van der Waals surface area contributed by atoms with Gasteiger partial charge in [0.1, 0.15) is 6.04 Å². The Kier molecular flexibility index (Phi) is 3.00. The van der Waals surface area contributed by atoms with Gasteiger partial charge in [-0.2, -0.15) is 0 Å². The maximum atomic E-state index is 11.0. The largest absolute Gasteiger partial charge is 0.480 e. The highest BCUT2D eigenvalue weighted by Gasteiger charge is 2.18. The SMILES string of the molecule is CC(C(=O)O)N(C)c1cccc2ccccc12. The predicted molar refractivity (Wildman–Crippen MR) is 69.4 cm³/mol. The molecule has 3 nitrogen and oxygen atoms in total. The molecule has 17 heavy (non-hydrogen) atoms. The Labute approximate surface area is 100 Å². The molecule has 2 rings (SSSR count). The predicted octanol–water partition coefficient (Wildman–Crippen LogP) is 2.75. The fourth-order valence-electron chi connectivity index (χ4n) is 1.89. The van der Waals surface area contributed by atoms with Crippen LogP contribution in [0.5, 0.6) is 0 Å². The van der Waals surface area contributed by atoms with E-state index in [0.717, 1.165) is 16.5 Å². The first kappa shape index (κ1) is 11.5. The number of hydrogen-bond donors (Lipinski definition) is 1. The van der Waals surface area contributed by atoms with E-state index in [1.807, 2.05) is 42.5 Å². The summed E-state index contributed by atoms with van der Waals surface area (Å²) < 4.78 is 0. The first-order chi connectivity index (χ1) is 8.11. The molecule has 1 unspecified atom stereocenters. The summed E-state index contributed by atoms with van der Waals surface area (Å²) >= 11 is 0. The normalized spacial score (nSPS) is 12.4. The van der Waals surface area contributed by atoms with Gasteiger partial charge in [0.25, 0.3) is 0 Å². The van der Waals surface area contributed by atoms with Crippen LogP contribution in [0.4, 0.5) is 5.69 Å². The van der Waals surface area contributed by atoms with Crippen molar-refractivity contribution in [2.24, 2.45) is 0 Å². The molecule has 0 fully saturated rings. The van der Waals surface area contributed by atoms with Crippen LogP contribution in [0, 0.1) is 0 Å². The molecule has 2 aromatic carbocycles. The molecule has 0 aliphatic heterocycles. The quantitative estimate of drug-likeness (QED) is 0.879. The van der Waals surface area contributed by atoms with Gasteiger partial charge in [0.2, 0.25) is 0 Å². The third-order valence-electron chi connectivity index (χ3n) is 3.08. The van der Waals surface area contributed by atoms with Crippen LogP contribution in [0.15, 0.2) is 42.5 Å². The molecule has 0 saturated heterocycles. The van der Waals surface area contributed by atoms with Crippen LogP contribution in [0.2, 0.25) is 0 Å². The second-order valence-corrected chi connectivity index (χ2v) is 4.12. The molecule has 1 N–H and O–H groups in total. The van der Waals surface area contributed by atoms with Gasteiger partial charge in [0.05, 0.1) is 0 Å². The summed E-state index contributed by atoms with van der Waals surface area (Å²) in [6, 6.07) is 13.4. The van der Waals surface area contributed by atoms with Gasteiger partial charge >= 0.3 is 5.97 Å². The molecule has 0 amide bonds. The lowest BCUT2D eigenvalue weighted by Gasteiger charge is -2.25. The van der Waals surface area contributed by atoms with E-state index >= 15 is 0 Å². The maximum Gasteiger partial charge on any atom is 0.326 e. The number of likely N-dealkylation sites (N-methyl/N-ethyl adjacent to an activating group) is 1. The molecule has 0 aliphatic carbocycles. The van der Waals surface area contributed by atoms with Gasteiger partial charge in [-0.05, 0) is 18.4 Å². The number of carboxylic acids is 1. The number of anilines is 1. The van der Waals surface area contributed by atoms with Crippen LogP contribution in [0.25, 0.3) is 10.8 Å². The number of aliphatic carboxylic acids is 1. The summed E-state index contributed by atoms with van der Waals surface area (Å²) in [5.74, 6) is -0.819. The van der Waals surface area contributed by atoms with Crippen molar-refractivity contribution < 1.29 is 9.90 Å². The minimum absolute atomic E-state index is 0.541. The van der Waals surface area contributed by atoms with Crippen molar-refractivity contribution in [1.82, 2.24) is 0 Å². The van der Waals surface area contributed by atoms with Crippen LogP contribution in [-0.2, 0) is 4.79 Å². The molecule has 0 heterocycles. The number of carboxylic acid groups (broad SMARTS) is 1. The van der Waals surface area contributed by atoms with Crippen molar-refractivity contribution in [2.45, 2.75) is 13.0 Å². The van der Waals surface area contributed by atoms with Gasteiger partial charge in [-0.3, -0.25) is 0 Å². The van der Waals surface area contributed by atoms with Crippen LogP contribution in [-0.4, -0.2) is 24.2 Å². The molecule has 0 aliphatic rings. The van der Waals surface area contributed by atoms with E-state index in [1.54, 1.807) is 18.9 Å². The summed E-state index contributed by atoms with van der Waals surface area (Å²) in [4.78, 5) is 12.8. The molecule has 0 bridgehead atoms. The third-order valence-corrected chi connectivity index (χ3v) is 3.08. The van der Waals surface area contributed by atoms with Crippen molar-refractivity contribution in [3.8, 4) is 0 Å². The van der Waals surface area contributed by atoms with Crippen molar-refractivity contribution >= 4 is 22.4 Å². The Morgan fingerprint density at radius 2 is 1.82 bits per heavy atom. The average Bonchev–Trinajstić information content (AvgIpc) is 2.36. The van der Waals surface area contributed by atoms with Gasteiger partial charge in [0, 0.05) is 18.1 Å². The van der Waals surface area contributed by atoms with Gasteiger partial charge in [0.15, 0.2) is 0 Å². The third kappa shape index (κ3) is 2.09. The number of hydrogen-bond acceptors (Lipinski definition) is 2. The lowest BCUT2D eigenvalue weighted by atomic mass is 10.1. The molecule has 0 spiro atoms. The van der Waals surface area contributed by atoms with Crippen LogP contribution >= 0.6 is 0 Å². The lowest BCUT2D eigenvalue weighted by molar-refractivity contribution is -0.138. The fourth-order valence-corrected chi connectivity index (χ4v) is 1.89. The van der Waals surface area contributed by atoms with Crippen molar-refractivity contribution in [3.63, 3.8) is 0 Å². The molecule has 0 aromatic heterocycles. The molecule has 3 heteroatoms. The van der Waals surface area contributed by atoms with Gasteiger partial charge in [-0.15, -0.1) is 0 Å². The van der Waals surface area contributed by atoms with E-state index in [-0.39, 0.29) is 0 Å². The summed E-state index contributed by atoms with van der Waals surface area (Å²) in [6.07, 6.45) is 0. The monoisotopic (exact) mass is 229 g/mol. The molecule has 1 atom stereocenters. The molecule has 0 saturated carbocycles. The summed E-state index contributed by atoms with van der Waals surface area (Å²) in [5, 5.41) is 11.2. The minimum atomic E-state index is -0.819. The summed E-state index contributed by atoms with van der Waals surface area (Å²) in [5.41, 5.74) is 0.943. The molecule has 88 valence electrons. The van der Waals surface area contributed by atoms with Gasteiger partial charge < -0.3 is 10.0 Å². The smallest absolute Gasteiger partial charge is 0.326 e. The number of fused-ring (bicyclic) bond motifs is 1. The van der Waals surface area contributed by atoms with E-state index in [0.29, 0.717) is 0 Å². The van der Waals surface area contributed by atoms with Gasteiger partial charge in [-0.25, -0.2) is 4.79 Å². The highest BCUT2D eigenvalue weighted by Crippen LogP contribution is 2.26. The standard InChI is InChI=1S/C14H15NO2/c1-10(14(16)17)15(2)13-9-5-7-11-6-3-4-8-12(11)13/h3-10H,1-2H3,(H,16,17). The highest BCUT2D eigenvalue weighted by atomic mass is 16.4. The molecule has 2 aromatic rings. The van der Waals surface area contributed by atoms with Crippen LogP contribution in [0.3, 0.4) is 0 Å². The van der Waals surface area contributed by atoms with Crippen LogP contribution < -0.4 is 4.90 Å². The van der Waals surface area contributed by atoms with E-state index in [2.05, 4.69) is 0 Å². The summed E-state index contributed by atoms with van der Waals surface area (Å²) in [7, 11) is 1.81. The van der Waals surface area contributed by atoms with E-state index in [4.69, 9.17) is 5.11 Å². The van der Waals surface area contributed by atoms with Crippen molar-refractivity contribution in [2.75, 3.05) is 11.9 Å². The zero-order valence-electron chi connectivity index (χ0n) is 9.92. The molecular formula is C14H15NO2. The summed E-state index contributed by atoms with van der Waals surface area (Å²) in [6.45, 7) is 1.68. The zero-order chi connectivity index (χ0) is 12.4. The van der Waals surface area contributed by atoms with Crippen molar-refractivity contribution in [1.29, 1.82) is 0 Å². The Morgan fingerprint density at radius 3 is 2.53 bits per heavy atom. The van der Waals surface area contributed by atoms with E-state index in [9.17, 15) is 4.79 Å². The average molecular weight is 229 g/mol. The number of carbonyl (C=O) groups is 1. The Morgan fingerprint density at radius 1 is 1.18 bits per heavy atom.